The van der Waals surface area contributed by atoms with Crippen LogP contribution in [0.3, 0.4) is 0 Å². The lowest BCUT2D eigenvalue weighted by Gasteiger charge is -2.28. The van der Waals surface area contributed by atoms with Gasteiger partial charge < -0.3 is 31.0 Å². The second kappa shape index (κ2) is 16.2. The highest BCUT2D eigenvalue weighted by atomic mass is 19.3. The van der Waals surface area contributed by atoms with Gasteiger partial charge in [0.05, 0.1) is 12.1 Å². The van der Waals surface area contributed by atoms with Gasteiger partial charge in [-0.3, -0.25) is 4.79 Å². The van der Waals surface area contributed by atoms with Crippen LogP contribution in [0, 0.1) is 11.6 Å². The average molecular weight is 569 g/mol. The molecule has 222 valence electrons. The Kier molecular flexibility index (Phi) is 13.4. The highest BCUT2D eigenvalue weighted by Gasteiger charge is 2.32. The second-order valence-corrected chi connectivity index (χ2v) is 9.95. The van der Waals surface area contributed by atoms with Gasteiger partial charge in [-0.2, -0.15) is 0 Å². The lowest BCUT2D eigenvalue weighted by Crippen LogP contribution is -2.56. The number of amides is 2. The number of rotatable bonds is 17. The average Bonchev–Trinajstić information content (AvgIpc) is 2.88. The van der Waals surface area contributed by atoms with Crippen molar-refractivity contribution in [3.63, 3.8) is 0 Å². The van der Waals surface area contributed by atoms with Crippen molar-refractivity contribution in [3.05, 3.63) is 70.8 Å². The van der Waals surface area contributed by atoms with E-state index in [2.05, 4.69) is 10.6 Å². The zero-order valence-electron chi connectivity index (χ0n) is 22.8. The molecule has 40 heavy (non-hydrogen) atoms. The standard InChI is InChI=1S/C29H39F4N3O4/c1-3-5-10-29(32,33)11-9-24(36-28(39)40)27(38)35-25(15-21-13-22(30)16-23(31)14-21)26(37)18-34-17-20-8-6-7-19(4-2)12-20/h6-8,12-14,16,24-26,34,36-37H,3-5,9-11,15,17-18H2,1-2H3,(H,35,38)(H,39,40)/p-1/t24-,25+,26-/m1/s1. The monoisotopic (exact) mass is 568 g/mol. The molecule has 0 radical (unpaired) electrons. The van der Waals surface area contributed by atoms with Crippen LogP contribution in [0.2, 0.25) is 0 Å². The molecule has 0 aliphatic rings. The third kappa shape index (κ3) is 11.9. The zero-order valence-corrected chi connectivity index (χ0v) is 22.8. The number of benzene rings is 2. The molecule has 2 amide bonds. The number of aliphatic hydroxyl groups is 1. The topological polar surface area (TPSA) is 114 Å². The molecule has 0 aliphatic carbocycles. The Morgan fingerprint density at radius 1 is 0.975 bits per heavy atom. The summed E-state index contributed by atoms with van der Waals surface area (Å²) in [4.78, 5) is 24.2. The molecule has 2 rings (SSSR count). The summed E-state index contributed by atoms with van der Waals surface area (Å²) >= 11 is 0. The van der Waals surface area contributed by atoms with Gasteiger partial charge in [0, 0.05) is 32.0 Å². The Hall–Kier alpha value is -3.18. The third-order valence-corrected chi connectivity index (χ3v) is 6.56. The number of nitrogens with one attached hydrogen (secondary N) is 3. The molecule has 0 spiro atoms. The fourth-order valence-corrected chi connectivity index (χ4v) is 4.34. The highest BCUT2D eigenvalue weighted by Crippen LogP contribution is 2.27. The number of alkyl halides is 2. The maximum atomic E-state index is 14.2. The molecule has 0 aliphatic heterocycles. The Morgan fingerprint density at radius 3 is 2.27 bits per heavy atom. The van der Waals surface area contributed by atoms with E-state index in [-0.39, 0.29) is 24.9 Å². The minimum absolute atomic E-state index is 0.0350. The number of unbranched alkanes of at least 4 members (excludes halogenated alkanes) is 1. The number of aliphatic hydroxyl groups excluding tert-OH is 1. The first-order valence-corrected chi connectivity index (χ1v) is 13.5. The van der Waals surface area contributed by atoms with Crippen LogP contribution < -0.4 is 21.1 Å². The minimum Gasteiger partial charge on any atom is -0.530 e. The van der Waals surface area contributed by atoms with E-state index in [0.29, 0.717) is 19.0 Å². The van der Waals surface area contributed by atoms with Gasteiger partial charge in [0.25, 0.3) is 0 Å². The lowest BCUT2D eigenvalue weighted by atomic mass is 9.98. The van der Waals surface area contributed by atoms with Gasteiger partial charge in [0.15, 0.2) is 0 Å². The lowest BCUT2D eigenvalue weighted by molar-refractivity contribution is -0.251. The molecule has 11 heteroatoms. The van der Waals surface area contributed by atoms with Crippen molar-refractivity contribution in [3.8, 4) is 0 Å². The molecule has 0 fully saturated rings. The maximum absolute atomic E-state index is 14.2. The Bertz CT molecular complexity index is 1080. The molecule has 2 aromatic rings. The molecule has 0 aromatic heterocycles. The van der Waals surface area contributed by atoms with Crippen LogP contribution in [0.1, 0.15) is 62.6 Å². The van der Waals surface area contributed by atoms with E-state index >= 15 is 0 Å². The molecule has 0 saturated carbocycles. The molecular formula is C29H38F4N3O4-. The number of hydrogen-bond donors (Lipinski definition) is 4. The van der Waals surface area contributed by atoms with E-state index in [0.717, 1.165) is 29.7 Å². The SMILES string of the molecule is CCCCC(F)(F)CC[C@@H](NC(=O)[O-])C(=O)N[C@@H](Cc1cc(F)cc(F)c1)[C@H](O)CNCc1cccc(CC)c1. The van der Waals surface area contributed by atoms with E-state index in [1.165, 1.54) is 0 Å². The minimum atomic E-state index is -3.10. The first-order chi connectivity index (χ1) is 18.9. The van der Waals surface area contributed by atoms with Crippen LogP contribution in [0.25, 0.3) is 0 Å². The highest BCUT2D eigenvalue weighted by molar-refractivity contribution is 5.85. The maximum Gasteiger partial charge on any atom is 0.248 e. The Balaban J connectivity index is 2.16. The van der Waals surface area contributed by atoms with Gasteiger partial charge in [0.2, 0.25) is 11.8 Å². The van der Waals surface area contributed by atoms with Crippen LogP contribution in [-0.4, -0.2) is 47.8 Å². The smallest absolute Gasteiger partial charge is 0.248 e. The van der Waals surface area contributed by atoms with Crippen molar-refractivity contribution >= 4 is 12.0 Å². The summed E-state index contributed by atoms with van der Waals surface area (Å²) in [5, 5.41) is 29.5. The summed E-state index contributed by atoms with van der Waals surface area (Å²) in [7, 11) is 0. The number of aryl methyl sites for hydroxylation is 1. The van der Waals surface area contributed by atoms with Gasteiger partial charge in [-0.1, -0.05) is 44.5 Å². The molecule has 7 nitrogen and oxygen atoms in total. The van der Waals surface area contributed by atoms with Crippen molar-refractivity contribution in [2.75, 3.05) is 6.54 Å². The molecule has 3 atom stereocenters. The molecular weight excluding hydrogens is 530 g/mol. The van der Waals surface area contributed by atoms with Crippen molar-refractivity contribution in [2.45, 2.75) is 89.4 Å². The molecule has 4 N–H and O–H groups in total. The fraction of sp³-hybridized carbons (Fsp3) is 0.517. The van der Waals surface area contributed by atoms with Crippen LogP contribution in [-0.2, 0) is 24.2 Å². The van der Waals surface area contributed by atoms with Crippen molar-refractivity contribution in [2.24, 2.45) is 0 Å². The van der Waals surface area contributed by atoms with Crippen molar-refractivity contribution in [1.29, 1.82) is 0 Å². The predicted octanol–water partition coefficient (Wildman–Crippen LogP) is 3.61. The number of carbonyl (C=O) groups excluding carboxylic acids is 2. The predicted molar refractivity (Wildman–Crippen MR) is 142 cm³/mol. The van der Waals surface area contributed by atoms with Crippen LogP contribution in [0.5, 0.6) is 0 Å². The quantitative estimate of drug-likeness (QED) is 0.218. The Morgan fingerprint density at radius 2 is 1.65 bits per heavy atom. The van der Waals surface area contributed by atoms with Crippen LogP contribution >= 0.6 is 0 Å². The van der Waals surface area contributed by atoms with Crippen LogP contribution in [0.15, 0.2) is 42.5 Å². The van der Waals surface area contributed by atoms with Crippen molar-refractivity contribution in [1.82, 2.24) is 16.0 Å². The van der Waals surface area contributed by atoms with Gasteiger partial charge in [-0.05, 0) is 54.5 Å². The summed E-state index contributed by atoms with van der Waals surface area (Å²) in [6.45, 7) is 4.14. The molecule has 0 heterocycles. The van der Waals surface area contributed by atoms with Crippen molar-refractivity contribution < 1.29 is 37.4 Å². The van der Waals surface area contributed by atoms with E-state index in [4.69, 9.17) is 0 Å². The van der Waals surface area contributed by atoms with E-state index in [9.17, 15) is 37.4 Å². The van der Waals surface area contributed by atoms with Gasteiger partial charge in [0.1, 0.15) is 23.8 Å². The molecule has 0 unspecified atom stereocenters. The molecule has 0 bridgehead atoms. The second-order valence-electron chi connectivity index (χ2n) is 9.95. The Labute approximate surface area is 232 Å². The summed E-state index contributed by atoms with van der Waals surface area (Å²) in [5.41, 5.74) is 2.22. The van der Waals surface area contributed by atoms with Gasteiger partial charge >= 0.3 is 0 Å². The first kappa shape index (κ1) is 33.0. The normalized spacial score (nSPS) is 13.9. The van der Waals surface area contributed by atoms with Gasteiger partial charge in [-0.15, -0.1) is 0 Å². The molecule has 2 aromatic carbocycles. The summed E-state index contributed by atoms with van der Waals surface area (Å²) in [6, 6.07) is 7.85. The number of halogens is 4. The number of carbonyl (C=O) groups is 2. The zero-order chi connectivity index (χ0) is 29.7. The van der Waals surface area contributed by atoms with E-state index < -0.39 is 67.0 Å². The fourth-order valence-electron chi connectivity index (χ4n) is 4.34. The van der Waals surface area contributed by atoms with E-state index in [1.807, 2.05) is 36.5 Å². The summed E-state index contributed by atoms with van der Waals surface area (Å²) in [5.74, 6) is -5.77. The summed E-state index contributed by atoms with van der Waals surface area (Å²) < 4.78 is 56.0. The first-order valence-electron chi connectivity index (χ1n) is 13.5. The third-order valence-electron chi connectivity index (χ3n) is 6.56. The van der Waals surface area contributed by atoms with Crippen LogP contribution in [0.4, 0.5) is 22.4 Å². The van der Waals surface area contributed by atoms with Gasteiger partial charge in [-0.25, -0.2) is 17.6 Å². The number of carboxylic acid groups (broad SMARTS) is 1. The number of hydrogen-bond acceptors (Lipinski definition) is 5. The molecule has 0 saturated heterocycles. The van der Waals surface area contributed by atoms with E-state index in [1.54, 1.807) is 6.92 Å². The summed E-state index contributed by atoms with van der Waals surface area (Å²) in [6.07, 6.45) is -3.30. The largest absolute Gasteiger partial charge is 0.530 e.